The quantitative estimate of drug-likeness (QED) is 0.331. The van der Waals surface area contributed by atoms with E-state index in [0.29, 0.717) is 29.8 Å². The van der Waals surface area contributed by atoms with Gasteiger partial charge in [-0.05, 0) is 80.2 Å². The predicted octanol–water partition coefficient (Wildman–Crippen LogP) is 5.43. The summed E-state index contributed by atoms with van der Waals surface area (Å²) in [6.45, 7) is 5.52. The lowest BCUT2D eigenvalue weighted by molar-refractivity contribution is -0.122. The summed E-state index contributed by atoms with van der Waals surface area (Å²) >= 11 is 1.39. The number of amides is 1. The molecule has 2 heterocycles. The first-order chi connectivity index (χ1) is 16.1. The van der Waals surface area contributed by atoms with Crippen LogP contribution >= 0.6 is 11.8 Å². The van der Waals surface area contributed by atoms with E-state index < -0.39 is 0 Å². The molecule has 3 aromatic rings. The van der Waals surface area contributed by atoms with Crippen LogP contribution < -0.4 is 4.74 Å². The van der Waals surface area contributed by atoms with Crippen LogP contribution in [0.5, 0.6) is 5.75 Å². The number of amidine groups is 1. The molecule has 0 unspecified atom stereocenters. The fourth-order valence-corrected chi connectivity index (χ4v) is 4.60. The van der Waals surface area contributed by atoms with Gasteiger partial charge >= 0.3 is 0 Å². The number of ether oxygens (including phenoxy) is 2. The largest absolute Gasteiger partial charge is 0.497 e. The van der Waals surface area contributed by atoms with Gasteiger partial charge in [0, 0.05) is 23.7 Å². The van der Waals surface area contributed by atoms with Crippen molar-refractivity contribution >= 4 is 34.6 Å². The normalized spacial score (nSPS) is 16.2. The lowest BCUT2D eigenvalue weighted by atomic mass is 10.2. The van der Waals surface area contributed by atoms with Crippen molar-refractivity contribution in [1.82, 2.24) is 9.47 Å². The Morgan fingerprint density at radius 2 is 1.79 bits per heavy atom. The van der Waals surface area contributed by atoms with E-state index in [-0.39, 0.29) is 5.91 Å². The number of nitrogens with zero attached hydrogens (tertiary/aromatic N) is 3. The highest BCUT2D eigenvalue weighted by molar-refractivity contribution is 8.18. The van der Waals surface area contributed by atoms with Crippen LogP contribution in [0.3, 0.4) is 0 Å². The average Bonchev–Trinajstić information content (AvgIpc) is 3.34. The van der Waals surface area contributed by atoms with Gasteiger partial charge in [0.1, 0.15) is 5.75 Å². The summed E-state index contributed by atoms with van der Waals surface area (Å²) in [5.41, 5.74) is 3.83. The number of aromatic nitrogens is 1. The summed E-state index contributed by atoms with van der Waals surface area (Å²) in [6, 6.07) is 21.6. The zero-order valence-corrected chi connectivity index (χ0v) is 19.8. The molecule has 1 fully saturated rings. The van der Waals surface area contributed by atoms with Crippen LogP contribution in [0.15, 0.2) is 76.6 Å². The van der Waals surface area contributed by atoms with Crippen LogP contribution in [0.2, 0.25) is 0 Å². The number of para-hydroxylation sites is 1. The van der Waals surface area contributed by atoms with Crippen molar-refractivity contribution in [2.75, 3.05) is 26.9 Å². The number of rotatable bonds is 8. The smallest absolute Gasteiger partial charge is 0.266 e. The summed E-state index contributed by atoms with van der Waals surface area (Å²) in [5, 5.41) is 0.663. The number of hydrogen-bond donors (Lipinski definition) is 0. The fraction of sp³-hybridized carbons (Fsp3) is 0.231. The molecular weight excluding hydrogens is 434 g/mol. The van der Waals surface area contributed by atoms with Crippen molar-refractivity contribution in [3.05, 3.63) is 83.0 Å². The second-order valence-electron chi connectivity index (χ2n) is 7.43. The lowest BCUT2D eigenvalue weighted by Crippen LogP contribution is -2.32. The van der Waals surface area contributed by atoms with Gasteiger partial charge in [0.15, 0.2) is 5.17 Å². The zero-order chi connectivity index (χ0) is 23.2. The molecule has 1 amide bonds. The van der Waals surface area contributed by atoms with E-state index in [1.807, 2.05) is 86.7 Å². The maximum atomic E-state index is 13.3. The van der Waals surface area contributed by atoms with E-state index in [1.54, 1.807) is 12.0 Å². The minimum Gasteiger partial charge on any atom is -0.497 e. The number of aliphatic imine (C=N–C) groups is 1. The number of carbonyl (C=O) groups is 1. The van der Waals surface area contributed by atoms with Gasteiger partial charge in [-0.3, -0.25) is 9.69 Å². The molecule has 0 aliphatic carbocycles. The second kappa shape index (κ2) is 10.6. The highest BCUT2D eigenvalue weighted by Gasteiger charge is 2.33. The number of methoxy groups -OCH3 is 1. The highest BCUT2D eigenvalue weighted by Crippen LogP contribution is 2.34. The average molecular weight is 462 g/mol. The Hall–Kier alpha value is -3.29. The Labute approximate surface area is 198 Å². The molecule has 0 saturated carbocycles. The maximum absolute atomic E-state index is 13.3. The van der Waals surface area contributed by atoms with E-state index in [4.69, 9.17) is 14.5 Å². The number of carbonyl (C=O) groups excluding carboxylic acids is 1. The molecule has 0 radical (unpaired) electrons. The molecule has 1 aliphatic rings. The summed E-state index contributed by atoms with van der Waals surface area (Å²) < 4.78 is 12.9. The standard InChI is InChI=1S/C26H27N3O3S/c1-4-32-17-16-28-25(30)24(33-26(28)27-20-8-6-5-7-9-20)18-22-11-10-19(2)29(22)21-12-14-23(31-3)15-13-21/h5-15,18H,4,16-17H2,1-3H3/b24-18-,27-26?. The third kappa shape index (κ3) is 5.21. The first kappa shape index (κ1) is 22.9. The number of benzene rings is 2. The van der Waals surface area contributed by atoms with Gasteiger partial charge in [-0.25, -0.2) is 4.99 Å². The molecule has 7 heteroatoms. The third-order valence-corrected chi connectivity index (χ3v) is 6.25. The number of aryl methyl sites for hydroxylation is 1. The van der Waals surface area contributed by atoms with E-state index in [2.05, 4.69) is 4.57 Å². The predicted molar refractivity (Wildman–Crippen MR) is 134 cm³/mol. The molecule has 0 spiro atoms. The fourth-order valence-electron chi connectivity index (χ4n) is 3.59. The molecule has 1 saturated heterocycles. The maximum Gasteiger partial charge on any atom is 0.266 e. The van der Waals surface area contributed by atoms with Crippen LogP contribution in [0.4, 0.5) is 5.69 Å². The summed E-state index contributed by atoms with van der Waals surface area (Å²) in [6.07, 6.45) is 1.94. The lowest BCUT2D eigenvalue weighted by Gasteiger charge is -2.15. The van der Waals surface area contributed by atoms with E-state index in [0.717, 1.165) is 28.5 Å². The zero-order valence-electron chi connectivity index (χ0n) is 19.0. The minimum atomic E-state index is -0.0606. The molecule has 33 heavy (non-hydrogen) atoms. The van der Waals surface area contributed by atoms with Crippen molar-refractivity contribution in [2.24, 2.45) is 4.99 Å². The molecular formula is C26H27N3O3S. The molecule has 0 atom stereocenters. The summed E-state index contributed by atoms with van der Waals surface area (Å²) in [5.74, 6) is 0.742. The van der Waals surface area contributed by atoms with Crippen LogP contribution in [0.25, 0.3) is 11.8 Å². The summed E-state index contributed by atoms with van der Waals surface area (Å²) in [7, 11) is 1.65. The third-order valence-electron chi connectivity index (χ3n) is 5.25. The van der Waals surface area contributed by atoms with Gasteiger partial charge in [-0.15, -0.1) is 0 Å². The first-order valence-corrected chi connectivity index (χ1v) is 11.7. The van der Waals surface area contributed by atoms with Gasteiger partial charge in [-0.2, -0.15) is 0 Å². The van der Waals surface area contributed by atoms with E-state index in [1.165, 1.54) is 11.8 Å². The van der Waals surface area contributed by atoms with Crippen LogP contribution in [0.1, 0.15) is 18.3 Å². The molecule has 170 valence electrons. The molecule has 2 aromatic carbocycles. The Balaban J connectivity index is 1.68. The molecule has 0 bridgehead atoms. The Bertz CT molecular complexity index is 1170. The Morgan fingerprint density at radius 3 is 2.48 bits per heavy atom. The van der Waals surface area contributed by atoms with Crippen molar-refractivity contribution in [3.8, 4) is 11.4 Å². The summed E-state index contributed by atoms with van der Waals surface area (Å²) in [4.78, 5) is 20.4. The van der Waals surface area contributed by atoms with Gasteiger partial charge in [0.05, 0.1) is 30.9 Å². The van der Waals surface area contributed by atoms with Crippen molar-refractivity contribution in [1.29, 1.82) is 0 Å². The van der Waals surface area contributed by atoms with Gasteiger partial charge in [-0.1, -0.05) is 18.2 Å². The Kier molecular flexibility index (Phi) is 7.32. The van der Waals surface area contributed by atoms with E-state index >= 15 is 0 Å². The minimum absolute atomic E-state index is 0.0606. The van der Waals surface area contributed by atoms with Gasteiger partial charge < -0.3 is 14.0 Å². The van der Waals surface area contributed by atoms with Gasteiger partial charge in [0.2, 0.25) is 0 Å². The number of thioether (sulfide) groups is 1. The molecule has 1 aliphatic heterocycles. The highest BCUT2D eigenvalue weighted by atomic mass is 32.2. The van der Waals surface area contributed by atoms with Crippen molar-refractivity contribution in [3.63, 3.8) is 0 Å². The second-order valence-corrected chi connectivity index (χ2v) is 8.44. The monoisotopic (exact) mass is 461 g/mol. The van der Waals surface area contributed by atoms with Crippen LogP contribution in [0, 0.1) is 6.92 Å². The molecule has 1 aromatic heterocycles. The number of hydrogen-bond acceptors (Lipinski definition) is 5. The molecule has 6 nitrogen and oxygen atoms in total. The van der Waals surface area contributed by atoms with E-state index in [9.17, 15) is 4.79 Å². The molecule has 4 rings (SSSR count). The van der Waals surface area contributed by atoms with Gasteiger partial charge in [0.25, 0.3) is 5.91 Å². The van der Waals surface area contributed by atoms with Crippen LogP contribution in [-0.4, -0.2) is 47.4 Å². The van der Waals surface area contributed by atoms with Crippen molar-refractivity contribution < 1.29 is 14.3 Å². The Morgan fingerprint density at radius 1 is 1.03 bits per heavy atom. The molecule has 0 N–H and O–H groups in total. The SMILES string of the molecule is CCOCCN1C(=O)/C(=C/c2ccc(C)n2-c2ccc(OC)cc2)SC1=Nc1ccccc1. The van der Waals surface area contributed by atoms with Crippen LogP contribution in [-0.2, 0) is 9.53 Å². The topological polar surface area (TPSA) is 56.1 Å². The van der Waals surface area contributed by atoms with Crippen molar-refractivity contribution in [2.45, 2.75) is 13.8 Å². The first-order valence-electron chi connectivity index (χ1n) is 10.9.